The summed E-state index contributed by atoms with van der Waals surface area (Å²) in [5.74, 6) is 1.10. The molecule has 1 heterocycles. The van der Waals surface area contributed by atoms with Crippen molar-refractivity contribution in [3.8, 4) is 11.4 Å². The number of carbonyl (C=O) groups is 1. The summed E-state index contributed by atoms with van der Waals surface area (Å²) in [6, 6.07) is 17.6. The van der Waals surface area contributed by atoms with Gasteiger partial charge >= 0.3 is 0 Å². The second-order valence-electron chi connectivity index (χ2n) is 5.77. The second-order valence-corrected chi connectivity index (χ2v) is 6.71. The van der Waals surface area contributed by atoms with E-state index in [1.54, 1.807) is 13.3 Å². The third-order valence-corrected chi connectivity index (χ3v) is 4.93. The first-order valence-electron chi connectivity index (χ1n) is 8.32. The molecule has 0 radical (unpaired) electrons. The van der Waals surface area contributed by atoms with Crippen molar-refractivity contribution in [2.45, 2.75) is 18.1 Å². The molecule has 6 heteroatoms. The van der Waals surface area contributed by atoms with Crippen molar-refractivity contribution in [1.29, 1.82) is 0 Å². The van der Waals surface area contributed by atoms with E-state index < -0.39 is 0 Å². The van der Waals surface area contributed by atoms with Gasteiger partial charge in [-0.15, -0.1) is 0 Å². The summed E-state index contributed by atoms with van der Waals surface area (Å²) in [5.41, 5.74) is 2.06. The quantitative estimate of drug-likeness (QED) is 0.645. The number of amides is 1. The molecule has 134 valence electrons. The highest BCUT2D eigenvalue weighted by molar-refractivity contribution is 7.99. The van der Waals surface area contributed by atoms with Gasteiger partial charge < -0.3 is 10.1 Å². The van der Waals surface area contributed by atoms with Gasteiger partial charge in [-0.05, 0) is 36.8 Å². The fourth-order valence-corrected chi connectivity index (χ4v) is 3.36. The first kappa shape index (κ1) is 18.1. The van der Waals surface area contributed by atoms with Crippen molar-refractivity contribution < 1.29 is 9.53 Å². The SMILES string of the molecule is COc1ccc(-n2ccnc2SCC(=O)N[C@H](C)c2ccccc2)cc1. The van der Waals surface area contributed by atoms with Gasteiger partial charge in [-0.25, -0.2) is 4.98 Å². The van der Waals surface area contributed by atoms with Crippen LogP contribution in [0.25, 0.3) is 5.69 Å². The molecular formula is C20H21N3O2S. The summed E-state index contributed by atoms with van der Waals surface area (Å²) in [6.45, 7) is 1.98. The molecule has 5 nitrogen and oxygen atoms in total. The summed E-state index contributed by atoms with van der Waals surface area (Å²) in [4.78, 5) is 16.6. The molecule has 3 rings (SSSR count). The maximum absolute atomic E-state index is 12.3. The topological polar surface area (TPSA) is 56.2 Å². The first-order chi connectivity index (χ1) is 12.7. The lowest BCUT2D eigenvalue weighted by Gasteiger charge is -2.14. The van der Waals surface area contributed by atoms with E-state index in [0.717, 1.165) is 22.2 Å². The lowest BCUT2D eigenvalue weighted by Crippen LogP contribution is -2.28. The monoisotopic (exact) mass is 367 g/mol. The van der Waals surface area contributed by atoms with Crippen LogP contribution in [-0.4, -0.2) is 28.3 Å². The summed E-state index contributed by atoms with van der Waals surface area (Å²) in [7, 11) is 1.64. The van der Waals surface area contributed by atoms with E-state index in [-0.39, 0.29) is 11.9 Å². The average molecular weight is 367 g/mol. The minimum absolute atomic E-state index is 0.0179. The van der Waals surface area contributed by atoms with Crippen LogP contribution < -0.4 is 10.1 Å². The van der Waals surface area contributed by atoms with Crippen molar-refractivity contribution in [3.63, 3.8) is 0 Å². The number of nitrogens with one attached hydrogen (secondary N) is 1. The Labute approximate surface area is 157 Å². The Bertz CT molecular complexity index is 847. The number of rotatable bonds is 7. The number of benzene rings is 2. The van der Waals surface area contributed by atoms with Crippen LogP contribution in [0.15, 0.2) is 72.1 Å². The van der Waals surface area contributed by atoms with Gasteiger partial charge in [0.15, 0.2) is 5.16 Å². The van der Waals surface area contributed by atoms with E-state index in [1.165, 1.54) is 11.8 Å². The lowest BCUT2D eigenvalue weighted by atomic mass is 10.1. The zero-order valence-electron chi connectivity index (χ0n) is 14.8. The van der Waals surface area contributed by atoms with Crippen LogP contribution in [0.2, 0.25) is 0 Å². The third kappa shape index (κ3) is 4.46. The number of imidazole rings is 1. The molecule has 1 aromatic heterocycles. The van der Waals surface area contributed by atoms with Gasteiger partial charge in [-0.2, -0.15) is 0 Å². The molecule has 0 fully saturated rings. The molecule has 0 aliphatic carbocycles. The maximum atomic E-state index is 12.3. The van der Waals surface area contributed by atoms with Crippen molar-refractivity contribution in [2.24, 2.45) is 0 Å². The zero-order chi connectivity index (χ0) is 18.4. The summed E-state index contributed by atoms with van der Waals surface area (Å²) >= 11 is 1.41. The van der Waals surface area contributed by atoms with E-state index in [1.807, 2.05) is 72.3 Å². The summed E-state index contributed by atoms with van der Waals surface area (Å²) in [5, 5.41) is 3.80. The Morgan fingerprint density at radius 1 is 1.19 bits per heavy atom. The number of aromatic nitrogens is 2. The molecule has 1 amide bonds. The molecule has 0 aliphatic rings. The number of ether oxygens (including phenoxy) is 1. The van der Waals surface area contributed by atoms with Gasteiger partial charge in [0, 0.05) is 18.1 Å². The number of hydrogen-bond acceptors (Lipinski definition) is 4. The fourth-order valence-electron chi connectivity index (χ4n) is 2.57. The number of methoxy groups -OCH3 is 1. The van der Waals surface area contributed by atoms with Gasteiger partial charge in [0.1, 0.15) is 5.75 Å². The van der Waals surface area contributed by atoms with Gasteiger partial charge in [0.25, 0.3) is 0 Å². The predicted octanol–water partition coefficient (Wildman–Crippen LogP) is 3.85. The Morgan fingerprint density at radius 3 is 2.62 bits per heavy atom. The maximum Gasteiger partial charge on any atom is 0.230 e. The zero-order valence-corrected chi connectivity index (χ0v) is 15.6. The number of hydrogen-bond donors (Lipinski definition) is 1. The fraction of sp³-hybridized carbons (Fsp3) is 0.200. The van der Waals surface area contributed by atoms with Crippen LogP contribution in [0.4, 0.5) is 0 Å². The van der Waals surface area contributed by atoms with Crippen molar-refractivity contribution in [2.75, 3.05) is 12.9 Å². The smallest absolute Gasteiger partial charge is 0.230 e. The van der Waals surface area contributed by atoms with Crippen LogP contribution in [0.3, 0.4) is 0 Å². The van der Waals surface area contributed by atoms with Crippen molar-refractivity contribution in [1.82, 2.24) is 14.9 Å². The van der Waals surface area contributed by atoms with Crippen LogP contribution in [-0.2, 0) is 4.79 Å². The Morgan fingerprint density at radius 2 is 1.92 bits per heavy atom. The minimum atomic E-state index is -0.0226. The highest BCUT2D eigenvalue weighted by atomic mass is 32.2. The third-order valence-electron chi connectivity index (χ3n) is 3.97. The molecular weight excluding hydrogens is 346 g/mol. The van der Waals surface area contributed by atoms with E-state index in [2.05, 4.69) is 10.3 Å². The van der Waals surface area contributed by atoms with E-state index in [4.69, 9.17) is 4.74 Å². The van der Waals surface area contributed by atoms with Crippen molar-refractivity contribution >= 4 is 17.7 Å². The minimum Gasteiger partial charge on any atom is -0.497 e. The molecule has 1 atom stereocenters. The van der Waals surface area contributed by atoms with E-state index in [9.17, 15) is 4.79 Å². The highest BCUT2D eigenvalue weighted by Gasteiger charge is 2.12. The first-order valence-corrected chi connectivity index (χ1v) is 9.31. The van der Waals surface area contributed by atoms with E-state index >= 15 is 0 Å². The number of thioether (sulfide) groups is 1. The molecule has 0 spiro atoms. The van der Waals surface area contributed by atoms with Gasteiger partial charge in [-0.3, -0.25) is 9.36 Å². The van der Waals surface area contributed by atoms with Crippen molar-refractivity contribution in [3.05, 3.63) is 72.6 Å². The Hall–Kier alpha value is -2.73. The number of carbonyl (C=O) groups excluding carboxylic acids is 1. The van der Waals surface area contributed by atoms with Crippen LogP contribution in [0.5, 0.6) is 5.75 Å². The number of nitrogens with zero attached hydrogens (tertiary/aromatic N) is 2. The van der Waals surface area contributed by atoms with E-state index in [0.29, 0.717) is 5.75 Å². The summed E-state index contributed by atoms with van der Waals surface area (Å²) in [6.07, 6.45) is 3.62. The van der Waals surface area contributed by atoms with Gasteiger partial charge in [0.05, 0.1) is 18.9 Å². The molecule has 0 unspecified atom stereocenters. The Balaban J connectivity index is 1.60. The summed E-state index contributed by atoms with van der Waals surface area (Å²) < 4.78 is 7.14. The second kappa shape index (κ2) is 8.58. The molecule has 0 saturated carbocycles. The predicted molar refractivity (Wildman–Crippen MR) is 104 cm³/mol. The molecule has 26 heavy (non-hydrogen) atoms. The highest BCUT2D eigenvalue weighted by Crippen LogP contribution is 2.22. The van der Waals surface area contributed by atoms with Gasteiger partial charge in [-0.1, -0.05) is 42.1 Å². The molecule has 0 saturated heterocycles. The molecule has 0 bridgehead atoms. The van der Waals surface area contributed by atoms with Crippen LogP contribution in [0, 0.1) is 0 Å². The largest absolute Gasteiger partial charge is 0.497 e. The normalized spacial score (nSPS) is 11.8. The Kier molecular flexibility index (Phi) is 5.96. The standard InChI is InChI=1S/C20H21N3O2S/c1-15(16-6-4-3-5-7-16)22-19(24)14-26-20-21-12-13-23(20)17-8-10-18(25-2)11-9-17/h3-13,15H,14H2,1-2H3,(H,22,24)/t15-/m1/s1. The van der Waals surface area contributed by atoms with Gasteiger partial charge in [0.2, 0.25) is 5.91 Å². The lowest BCUT2D eigenvalue weighted by molar-refractivity contribution is -0.119. The molecule has 2 aromatic carbocycles. The van der Waals surface area contributed by atoms with Crippen LogP contribution >= 0.6 is 11.8 Å². The molecule has 0 aliphatic heterocycles. The average Bonchev–Trinajstić information content (AvgIpc) is 3.15. The molecule has 3 aromatic rings. The van der Waals surface area contributed by atoms with Crippen LogP contribution in [0.1, 0.15) is 18.5 Å². The molecule has 1 N–H and O–H groups in total.